The topological polar surface area (TPSA) is 8.17 Å². The molecule has 2 nitrogen and oxygen atoms in total. The number of hydrogen-bond acceptors (Lipinski definition) is 1. The van der Waals surface area contributed by atoms with Crippen LogP contribution in [0.4, 0.5) is 17.1 Å². The largest absolute Gasteiger partial charge is 0.310 e. The minimum Gasteiger partial charge on any atom is -0.310 e. The number of rotatable bonds is 6. The van der Waals surface area contributed by atoms with E-state index in [9.17, 15) is 0 Å². The Morgan fingerprint density at radius 2 is 0.860 bits per heavy atom. The van der Waals surface area contributed by atoms with Crippen molar-refractivity contribution in [2.24, 2.45) is 0 Å². The Balaban J connectivity index is 1.31. The van der Waals surface area contributed by atoms with Crippen LogP contribution in [0.5, 0.6) is 0 Å². The molecule has 0 radical (unpaired) electrons. The van der Waals surface area contributed by atoms with Gasteiger partial charge in [-0.25, -0.2) is 0 Å². The molecule has 240 valence electrons. The van der Waals surface area contributed by atoms with Gasteiger partial charge in [0.2, 0.25) is 0 Å². The van der Waals surface area contributed by atoms with Crippen LogP contribution >= 0.6 is 0 Å². The summed E-state index contributed by atoms with van der Waals surface area (Å²) in [6, 6.07) is 63.0. The second-order valence-electron chi connectivity index (χ2n) is 13.7. The number of hydrogen-bond donors (Lipinski definition) is 0. The average molecular weight is 659 g/mol. The summed E-state index contributed by atoms with van der Waals surface area (Å²) in [6.45, 7) is 6.91. The Morgan fingerprint density at radius 3 is 1.34 bits per heavy atom. The van der Waals surface area contributed by atoms with E-state index >= 15 is 0 Å². The smallest absolute Gasteiger partial charge is 0.129 e. The van der Waals surface area contributed by atoms with Crippen LogP contribution in [0.15, 0.2) is 176 Å². The molecule has 0 saturated carbocycles. The monoisotopic (exact) mass is 658 g/mol. The van der Waals surface area contributed by atoms with Gasteiger partial charge >= 0.3 is 0 Å². The minimum atomic E-state index is -1.69. The number of benzene rings is 7. The molecule has 8 rings (SSSR count). The van der Waals surface area contributed by atoms with E-state index in [0.717, 1.165) is 28.3 Å². The minimum absolute atomic E-state index is 1.02. The second kappa shape index (κ2) is 13.1. The molecule has 0 bridgehead atoms. The van der Waals surface area contributed by atoms with Gasteiger partial charge in [-0.3, -0.25) is 0 Å². The van der Waals surface area contributed by atoms with Crippen LogP contribution in [0.2, 0.25) is 19.6 Å². The van der Waals surface area contributed by atoms with E-state index in [4.69, 9.17) is 0 Å². The summed E-state index contributed by atoms with van der Waals surface area (Å²) in [4.78, 5) is 2.35. The zero-order valence-corrected chi connectivity index (χ0v) is 29.6. The van der Waals surface area contributed by atoms with Crippen molar-refractivity contribution in [3.8, 4) is 39.4 Å². The maximum atomic E-state index is 3.69. The van der Waals surface area contributed by atoms with Crippen LogP contribution in [0, 0.1) is 11.5 Å². The average Bonchev–Trinajstić information content (AvgIpc) is 3.49. The molecule has 8 aromatic rings. The second-order valence-corrected chi connectivity index (χ2v) is 18.5. The van der Waals surface area contributed by atoms with E-state index in [-0.39, 0.29) is 0 Å². The van der Waals surface area contributed by atoms with Gasteiger partial charge in [0.1, 0.15) is 8.07 Å². The fourth-order valence-electron chi connectivity index (χ4n) is 6.71. The first-order valence-electron chi connectivity index (χ1n) is 17.2. The molecule has 0 atom stereocenters. The summed E-state index contributed by atoms with van der Waals surface area (Å²) in [5.74, 6) is 3.69. The highest BCUT2D eigenvalue weighted by Gasteiger charge is 2.19. The van der Waals surface area contributed by atoms with E-state index in [1.165, 1.54) is 44.1 Å². The van der Waals surface area contributed by atoms with Crippen LogP contribution in [0.3, 0.4) is 0 Å². The van der Waals surface area contributed by atoms with Crippen molar-refractivity contribution < 1.29 is 0 Å². The molecule has 0 fully saturated rings. The first-order chi connectivity index (χ1) is 24.4. The third-order valence-corrected chi connectivity index (χ3v) is 9.97. The van der Waals surface area contributed by atoms with Gasteiger partial charge < -0.3 is 9.47 Å². The number of anilines is 3. The van der Waals surface area contributed by atoms with Crippen molar-refractivity contribution in [3.63, 3.8) is 0 Å². The quantitative estimate of drug-likeness (QED) is 0.127. The molecule has 0 amide bonds. The molecule has 0 saturated heterocycles. The number of nitrogens with zero attached hydrogens (tertiary/aromatic N) is 2. The van der Waals surface area contributed by atoms with E-state index in [0.29, 0.717) is 0 Å². The highest BCUT2D eigenvalue weighted by Crippen LogP contribution is 2.39. The van der Waals surface area contributed by atoms with Gasteiger partial charge in [-0.1, -0.05) is 147 Å². The zero-order valence-electron chi connectivity index (χ0n) is 28.6. The standard InChI is InChI=1S/C47H38N2Si/c1-50(2,3)33-32-39-34-42(30-31-45(39)49-46-20-12-10-18-43(46)44-19-11-13-21-47(44)49)48(40-26-22-37(23-27-40)35-14-6-4-7-15-35)41-28-24-38(25-29-41)36-16-8-5-9-17-36/h4-31,34H,1-3H3. The highest BCUT2D eigenvalue weighted by atomic mass is 28.3. The molecule has 0 aliphatic rings. The van der Waals surface area contributed by atoms with Gasteiger partial charge in [0.15, 0.2) is 0 Å². The molecule has 3 heteroatoms. The Kier molecular flexibility index (Phi) is 8.16. The molecule has 0 N–H and O–H groups in total. The van der Waals surface area contributed by atoms with Gasteiger partial charge in [-0.15, -0.1) is 5.54 Å². The summed E-state index contributed by atoms with van der Waals surface area (Å²) in [7, 11) is -1.69. The molecule has 7 aromatic carbocycles. The summed E-state index contributed by atoms with van der Waals surface area (Å²) >= 11 is 0. The lowest BCUT2D eigenvalue weighted by Crippen LogP contribution is -2.16. The van der Waals surface area contributed by atoms with Crippen molar-refractivity contribution in [3.05, 3.63) is 181 Å². The Labute approximate surface area is 295 Å². The Morgan fingerprint density at radius 1 is 0.440 bits per heavy atom. The molecule has 0 spiro atoms. The van der Waals surface area contributed by atoms with E-state index in [2.05, 4.69) is 216 Å². The maximum Gasteiger partial charge on any atom is 0.129 e. The van der Waals surface area contributed by atoms with Gasteiger partial charge in [-0.05, 0) is 76.9 Å². The first kappa shape index (κ1) is 31.2. The highest BCUT2D eigenvalue weighted by molar-refractivity contribution is 6.83. The SMILES string of the molecule is C[Si](C)(C)C#Cc1cc(N(c2ccc(-c3ccccc3)cc2)c2ccc(-c3ccccc3)cc2)ccc1-n1c2ccccc2c2ccccc21. The maximum absolute atomic E-state index is 3.69. The van der Waals surface area contributed by atoms with Crippen molar-refractivity contribution in [2.75, 3.05) is 4.90 Å². The summed E-state index contributed by atoms with van der Waals surface area (Å²) in [6.07, 6.45) is 0. The van der Waals surface area contributed by atoms with E-state index in [1.54, 1.807) is 0 Å². The first-order valence-corrected chi connectivity index (χ1v) is 20.7. The predicted octanol–water partition coefficient (Wildman–Crippen LogP) is 12.8. The van der Waals surface area contributed by atoms with Gasteiger partial charge in [0, 0.05) is 27.8 Å². The van der Waals surface area contributed by atoms with Crippen LogP contribution < -0.4 is 4.90 Å². The van der Waals surface area contributed by atoms with Gasteiger partial charge in [0.05, 0.1) is 22.3 Å². The molecule has 0 aliphatic carbocycles. The molecule has 1 aromatic heterocycles. The number of fused-ring (bicyclic) bond motifs is 3. The molecule has 50 heavy (non-hydrogen) atoms. The molecular weight excluding hydrogens is 621 g/mol. The Hall–Kier alpha value is -6.08. The lowest BCUT2D eigenvalue weighted by molar-refractivity contribution is 1.16. The van der Waals surface area contributed by atoms with Gasteiger partial charge in [-0.2, -0.15) is 0 Å². The van der Waals surface area contributed by atoms with Crippen LogP contribution in [-0.2, 0) is 0 Å². The summed E-state index contributed by atoms with van der Waals surface area (Å²) in [5.41, 5.74) is 16.2. The van der Waals surface area contributed by atoms with Gasteiger partial charge in [0.25, 0.3) is 0 Å². The van der Waals surface area contributed by atoms with Crippen molar-refractivity contribution in [1.29, 1.82) is 0 Å². The summed E-state index contributed by atoms with van der Waals surface area (Å²) < 4.78 is 2.39. The molecule has 0 unspecified atom stereocenters. The van der Waals surface area contributed by atoms with Crippen molar-refractivity contribution in [2.45, 2.75) is 19.6 Å². The fraction of sp³-hybridized carbons (Fsp3) is 0.0638. The fourth-order valence-corrected chi connectivity index (χ4v) is 7.22. The molecule has 0 aliphatic heterocycles. The lowest BCUT2D eigenvalue weighted by atomic mass is 10.0. The normalized spacial score (nSPS) is 11.3. The van der Waals surface area contributed by atoms with Crippen LogP contribution in [-0.4, -0.2) is 12.6 Å². The summed E-state index contributed by atoms with van der Waals surface area (Å²) in [5, 5.41) is 2.49. The van der Waals surface area contributed by atoms with E-state index < -0.39 is 8.07 Å². The van der Waals surface area contributed by atoms with E-state index in [1.807, 2.05) is 0 Å². The zero-order chi connectivity index (χ0) is 34.1. The van der Waals surface area contributed by atoms with Crippen molar-refractivity contribution >= 4 is 46.9 Å². The number of para-hydroxylation sites is 2. The number of aromatic nitrogens is 1. The molecule has 1 heterocycles. The lowest BCUT2D eigenvalue weighted by Gasteiger charge is -2.27. The molecular formula is C47H38N2Si. The van der Waals surface area contributed by atoms with Crippen molar-refractivity contribution in [1.82, 2.24) is 4.57 Å². The third-order valence-electron chi connectivity index (χ3n) is 9.10. The van der Waals surface area contributed by atoms with Crippen LogP contribution in [0.25, 0.3) is 49.7 Å². The Bertz CT molecular complexity index is 2360. The predicted molar refractivity (Wildman–Crippen MR) is 217 cm³/mol. The van der Waals surface area contributed by atoms with Crippen LogP contribution in [0.1, 0.15) is 5.56 Å². The third kappa shape index (κ3) is 6.14.